The molecular formula is C5H5O2S2. The molecule has 0 saturated carbocycles. The first-order valence-electron chi connectivity index (χ1n) is 2.33. The van der Waals surface area contributed by atoms with Crippen LogP contribution in [0.15, 0.2) is 10.8 Å². The van der Waals surface area contributed by atoms with Crippen molar-refractivity contribution in [3.8, 4) is 0 Å². The van der Waals surface area contributed by atoms with E-state index in [0.717, 1.165) is 5.56 Å². The fourth-order valence-electron chi connectivity index (χ4n) is 0.482. The predicted octanol–water partition coefficient (Wildman–Crippen LogP) is 0.660. The van der Waals surface area contributed by atoms with Crippen molar-refractivity contribution in [3.05, 3.63) is 22.4 Å². The first-order chi connectivity index (χ1) is 4.29. The van der Waals surface area contributed by atoms with Crippen LogP contribution in [0.3, 0.4) is 0 Å². The number of rotatable bonds is 2. The van der Waals surface area contributed by atoms with E-state index in [1.54, 1.807) is 10.8 Å². The van der Waals surface area contributed by atoms with E-state index in [4.69, 9.17) is 0 Å². The van der Waals surface area contributed by atoms with Gasteiger partial charge in [-0.1, -0.05) is 0 Å². The summed E-state index contributed by atoms with van der Waals surface area (Å²) < 4.78 is 20.2. The van der Waals surface area contributed by atoms with Crippen molar-refractivity contribution in [1.82, 2.24) is 0 Å². The van der Waals surface area contributed by atoms with Crippen molar-refractivity contribution in [2.24, 2.45) is 0 Å². The van der Waals surface area contributed by atoms with E-state index in [-0.39, 0.29) is 5.75 Å². The van der Waals surface area contributed by atoms with Gasteiger partial charge in [0.25, 0.3) is 0 Å². The third-order valence-corrected chi connectivity index (χ3v) is 2.10. The van der Waals surface area contributed by atoms with Crippen LogP contribution in [0, 0.1) is 6.07 Å². The lowest BCUT2D eigenvalue weighted by molar-refractivity contribution is 0.614. The molecule has 0 saturated heterocycles. The Morgan fingerprint density at radius 2 is 2.44 bits per heavy atom. The first-order valence-corrected chi connectivity index (χ1v) is 4.64. The van der Waals surface area contributed by atoms with Crippen LogP contribution in [-0.4, -0.2) is 8.42 Å². The highest BCUT2D eigenvalue weighted by Crippen LogP contribution is 2.04. The van der Waals surface area contributed by atoms with Crippen LogP contribution in [-0.2, 0) is 16.5 Å². The van der Waals surface area contributed by atoms with Gasteiger partial charge in [0.05, 0.1) is 5.75 Å². The summed E-state index contributed by atoms with van der Waals surface area (Å²) >= 11 is 1.46. The molecule has 0 unspecified atom stereocenters. The van der Waals surface area contributed by atoms with E-state index < -0.39 is 10.7 Å². The van der Waals surface area contributed by atoms with Crippen LogP contribution in [0.2, 0.25) is 0 Å². The summed E-state index contributed by atoms with van der Waals surface area (Å²) in [4.78, 5) is 0. The third-order valence-electron chi connectivity index (χ3n) is 0.822. The zero-order chi connectivity index (χ0) is 6.69. The summed E-state index contributed by atoms with van der Waals surface area (Å²) in [6.07, 6.45) is 0. The molecule has 1 radical (unpaired) electrons. The average molecular weight is 161 g/mol. The second kappa shape index (κ2) is 2.98. The maximum atomic E-state index is 10.1. The Morgan fingerprint density at radius 3 is 2.89 bits per heavy atom. The quantitative estimate of drug-likeness (QED) is 0.646. The van der Waals surface area contributed by atoms with E-state index in [1.807, 2.05) is 0 Å². The standard InChI is InChI=1S/C5H5O2S2/c6-9(7)4-5-1-2-8-3-5/h2-3,9H,4H2. The Labute approximate surface area is 59.1 Å². The zero-order valence-electron chi connectivity index (χ0n) is 4.53. The molecule has 1 aromatic rings. The zero-order valence-corrected chi connectivity index (χ0v) is 6.24. The van der Waals surface area contributed by atoms with Gasteiger partial charge >= 0.3 is 0 Å². The Kier molecular flexibility index (Phi) is 2.24. The molecule has 1 aromatic heterocycles. The molecule has 0 aliphatic carbocycles. The third kappa shape index (κ3) is 2.15. The molecule has 2 nitrogen and oxygen atoms in total. The Balaban J connectivity index is 2.68. The molecule has 0 atom stereocenters. The van der Waals surface area contributed by atoms with E-state index >= 15 is 0 Å². The summed E-state index contributed by atoms with van der Waals surface area (Å²) in [6.45, 7) is 0. The molecule has 4 heteroatoms. The van der Waals surface area contributed by atoms with E-state index in [9.17, 15) is 8.42 Å². The van der Waals surface area contributed by atoms with Crippen molar-refractivity contribution in [1.29, 1.82) is 0 Å². The van der Waals surface area contributed by atoms with Gasteiger partial charge in [0, 0.05) is 0 Å². The number of hydrogen-bond acceptors (Lipinski definition) is 3. The smallest absolute Gasteiger partial charge is 0.144 e. The lowest BCUT2D eigenvalue weighted by Gasteiger charge is -1.79. The van der Waals surface area contributed by atoms with Gasteiger partial charge in [-0.3, -0.25) is 0 Å². The van der Waals surface area contributed by atoms with Crippen LogP contribution in [0.4, 0.5) is 0 Å². The van der Waals surface area contributed by atoms with Gasteiger partial charge in [0.2, 0.25) is 0 Å². The molecule has 0 bridgehead atoms. The molecule has 0 spiro atoms. The maximum Gasteiger partial charge on any atom is 0.144 e. The molecule has 9 heavy (non-hydrogen) atoms. The highest BCUT2D eigenvalue weighted by molar-refractivity contribution is 7.71. The van der Waals surface area contributed by atoms with Gasteiger partial charge in [0.1, 0.15) is 10.7 Å². The minimum Gasteiger partial charge on any atom is -0.232 e. The summed E-state index contributed by atoms with van der Waals surface area (Å²) in [7, 11) is -2.28. The minimum absolute atomic E-state index is 0.124. The number of thiophene rings is 1. The van der Waals surface area contributed by atoms with Crippen molar-refractivity contribution in [3.63, 3.8) is 0 Å². The summed E-state index contributed by atoms with van der Waals surface area (Å²) in [6, 6.07) is 2.80. The van der Waals surface area contributed by atoms with Crippen molar-refractivity contribution < 1.29 is 8.42 Å². The molecule has 0 aliphatic rings. The van der Waals surface area contributed by atoms with Crippen molar-refractivity contribution in [2.45, 2.75) is 5.75 Å². The topological polar surface area (TPSA) is 34.1 Å². The molecule has 49 valence electrons. The largest absolute Gasteiger partial charge is 0.232 e. The van der Waals surface area contributed by atoms with Gasteiger partial charge in [-0.15, -0.1) is 0 Å². The van der Waals surface area contributed by atoms with Crippen molar-refractivity contribution >= 4 is 22.0 Å². The fraction of sp³-hybridized carbons (Fsp3) is 0.200. The van der Waals surface area contributed by atoms with E-state index in [1.165, 1.54) is 11.3 Å². The second-order valence-electron chi connectivity index (χ2n) is 1.53. The SMILES string of the molecule is O=[SH](=O)Cc1[c]csc1. The molecule has 0 amide bonds. The highest BCUT2D eigenvalue weighted by atomic mass is 32.2. The Bertz CT molecular complexity index is 227. The van der Waals surface area contributed by atoms with Crippen LogP contribution in [0.5, 0.6) is 0 Å². The van der Waals surface area contributed by atoms with Crippen LogP contribution >= 0.6 is 11.3 Å². The molecule has 0 N–H and O–H groups in total. The maximum absolute atomic E-state index is 10.1. The number of thiol groups is 1. The highest BCUT2D eigenvalue weighted by Gasteiger charge is 1.92. The normalized spacial score (nSPS) is 10.3. The summed E-state index contributed by atoms with van der Waals surface area (Å²) in [5.41, 5.74) is 0.760. The van der Waals surface area contributed by atoms with Crippen molar-refractivity contribution in [2.75, 3.05) is 0 Å². The van der Waals surface area contributed by atoms with Crippen LogP contribution in [0.1, 0.15) is 5.56 Å². The Morgan fingerprint density at radius 1 is 1.67 bits per heavy atom. The van der Waals surface area contributed by atoms with Crippen LogP contribution in [0.25, 0.3) is 0 Å². The molecule has 0 aliphatic heterocycles. The predicted molar refractivity (Wildman–Crippen MR) is 37.2 cm³/mol. The molecule has 1 heterocycles. The van der Waals surface area contributed by atoms with E-state index in [2.05, 4.69) is 6.07 Å². The molecule has 0 aromatic carbocycles. The summed E-state index contributed by atoms with van der Waals surface area (Å²) in [5, 5.41) is 3.53. The van der Waals surface area contributed by atoms with Gasteiger partial charge in [0.15, 0.2) is 0 Å². The molecule has 0 fully saturated rings. The minimum atomic E-state index is -2.28. The lowest BCUT2D eigenvalue weighted by Crippen LogP contribution is -1.80. The van der Waals surface area contributed by atoms with Crippen LogP contribution < -0.4 is 0 Å². The number of hydrogen-bond donors (Lipinski definition) is 1. The monoisotopic (exact) mass is 161 g/mol. The van der Waals surface area contributed by atoms with E-state index in [0.29, 0.717) is 0 Å². The van der Waals surface area contributed by atoms with Gasteiger partial charge in [-0.05, 0) is 22.4 Å². The van der Waals surface area contributed by atoms with Gasteiger partial charge in [-0.25, -0.2) is 8.42 Å². The fourth-order valence-corrected chi connectivity index (χ4v) is 1.67. The molecule has 1 rings (SSSR count). The first kappa shape index (κ1) is 6.77. The lowest BCUT2D eigenvalue weighted by atomic mass is 10.4. The average Bonchev–Trinajstić information content (AvgIpc) is 2.15. The second-order valence-corrected chi connectivity index (χ2v) is 3.26. The molecular weight excluding hydrogens is 156 g/mol. The Hall–Kier alpha value is -0.350. The van der Waals surface area contributed by atoms with Gasteiger partial charge < -0.3 is 0 Å². The van der Waals surface area contributed by atoms with Gasteiger partial charge in [-0.2, -0.15) is 11.3 Å². The summed E-state index contributed by atoms with van der Waals surface area (Å²) in [5.74, 6) is 0.124.